The quantitative estimate of drug-likeness (QED) is 0.214. The molecule has 0 bridgehead atoms. The summed E-state index contributed by atoms with van der Waals surface area (Å²) in [5.74, 6) is -0.904. The third-order valence-corrected chi connectivity index (χ3v) is 7.02. The smallest absolute Gasteiger partial charge is 0.305 e. The van der Waals surface area contributed by atoms with Crippen LogP contribution in [0, 0.1) is 13.8 Å². The number of amides is 1. The molecular weight excluding hydrogens is 494 g/mol. The molecule has 2 heterocycles. The van der Waals surface area contributed by atoms with Crippen LogP contribution in [0.4, 0.5) is 5.82 Å². The van der Waals surface area contributed by atoms with E-state index in [1.807, 2.05) is 63.2 Å². The number of carboxylic acids is 1. The normalized spacial score (nSPS) is 12.8. The highest BCUT2D eigenvalue weighted by atomic mass is 16.4. The van der Waals surface area contributed by atoms with Gasteiger partial charge in [-0.25, -0.2) is 4.98 Å². The van der Waals surface area contributed by atoms with Gasteiger partial charge >= 0.3 is 5.97 Å². The first-order valence-corrected chi connectivity index (χ1v) is 13.2. The molecule has 4 N–H and O–H groups in total. The summed E-state index contributed by atoms with van der Waals surface area (Å²) in [4.78, 5) is 29.0. The Morgan fingerprint density at radius 3 is 2.41 bits per heavy atom. The molecule has 0 saturated carbocycles. The number of aliphatic carboxylic acids is 1. The van der Waals surface area contributed by atoms with Crippen molar-refractivity contribution in [1.82, 2.24) is 9.55 Å². The fourth-order valence-electron chi connectivity index (χ4n) is 5.13. The van der Waals surface area contributed by atoms with Crippen LogP contribution in [0.25, 0.3) is 21.9 Å². The first kappa shape index (κ1) is 28.0. The van der Waals surface area contributed by atoms with Crippen LogP contribution in [0.3, 0.4) is 0 Å². The van der Waals surface area contributed by atoms with Crippen molar-refractivity contribution in [1.29, 1.82) is 0 Å². The number of aryl methyl sites for hydroxylation is 1. The van der Waals surface area contributed by atoms with Crippen LogP contribution in [0.5, 0.6) is 0 Å². The molecule has 0 aliphatic heterocycles. The molecule has 0 unspecified atom stereocenters. The fourth-order valence-corrected chi connectivity index (χ4v) is 5.13. The number of aliphatic hydroxyl groups excluding tert-OH is 2. The monoisotopic (exact) mass is 529 g/mol. The van der Waals surface area contributed by atoms with Gasteiger partial charge in [0.1, 0.15) is 5.82 Å². The van der Waals surface area contributed by atoms with Gasteiger partial charge in [0.05, 0.1) is 24.2 Å². The molecule has 204 valence electrons. The Labute approximate surface area is 228 Å². The molecule has 8 nitrogen and oxygen atoms in total. The summed E-state index contributed by atoms with van der Waals surface area (Å²) in [5.41, 5.74) is 5.02. The van der Waals surface area contributed by atoms with Gasteiger partial charge in [0, 0.05) is 29.7 Å². The summed E-state index contributed by atoms with van der Waals surface area (Å²) < 4.78 is 2.05. The SMILES string of the molecule is CCc1c(C(=O)Nc2ccc(C)cn2)c(-c2ccc3ccccc3c2)c(C)n1CC[C@@H](O)C[C@@H](O)CC(=O)O. The molecule has 0 aliphatic carbocycles. The molecule has 4 aromatic rings. The van der Waals surface area contributed by atoms with Crippen LogP contribution < -0.4 is 5.32 Å². The van der Waals surface area contributed by atoms with Crippen molar-refractivity contribution in [2.45, 2.75) is 65.2 Å². The lowest BCUT2D eigenvalue weighted by molar-refractivity contribution is -0.139. The molecule has 0 aliphatic rings. The Morgan fingerprint density at radius 2 is 1.74 bits per heavy atom. The maximum atomic E-state index is 13.8. The number of anilines is 1. The molecule has 0 saturated heterocycles. The Morgan fingerprint density at radius 1 is 1.00 bits per heavy atom. The van der Waals surface area contributed by atoms with Crippen LogP contribution in [0.1, 0.15) is 53.5 Å². The molecule has 0 radical (unpaired) electrons. The third-order valence-electron chi connectivity index (χ3n) is 7.02. The molecule has 0 fully saturated rings. The van der Waals surface area contributed by atoms with E-state index in [9.17, 15) is 19.8 Å². The first-order valence-electron chi connectivity index (χ1n) is 13.2. The van der Waals surface area contributed by atoms with E-state index in [-0.39, 0.29) is 12.3 Å². The minimum Gasteiger partial charge on any atom is -0.481 e. The fraction of sp³-hybridized carbons (Fsp3) is 0.323. The van der Waals surface area contributed by atoms with Gasteiger partial charge in [0.25, 0.3) is 5.91 Å². The Bertz CT molecular complexity index is 1480. The summed E-state index contributed by atoms with van der Waals surface area (Å²) in [6.07, 6.45) is 0.139. The number of carbonyl (C=O) groups excluding carboxylic acids is 1. The standard InChI is InChI=1S/C31H35N3O5/c1-4-26-30(31(39)33-27-12-9-19(2)18-32-27)29(23-11-10-21-7-5-6-8-22(21)15-23)20(3)34(26)14-13-24(35)16-25(36)17-28(37)38/h5-12,15,18,24-25,35-36H,4,13-14,16-17H2,1-3H3,(H,37,38)(H,32,33,39)/t24-,25-/m1/s1. The minimum atomic E-state index is -1.12. The summed E-state index contributed by atoms with van der Waals surface area (Å²) in [5, 5.41) is 34.5. The zero-order chi connectivity index (χ0) is 28.1. The second-order valence-electron chi connectivity index (χ2n) is 9.95. The van der Waals surface area contributed by atoms with E-state index in [1.54, 1.807) is 12.3 Å². The van der Waals surface area contributed by atoms with Crippen LogP contribution in [-0.4, -0.2) is 49.0 Å². The summed E-state index contributed by atoms with van der Waals surface area (Å²) in [6.45, 7) is 6.30. The number of carboxylic acid groups (broad SMARTS) is 1. The van der Waals surface area contributed by atoms with E-state index < -0.39 is 24.6 Å². The maximum absolute atomic E-state index is 13.8. The van der Waals surface area contributed by atoms with E-state index in [0.717, 1.165) is 38.9 Å². The number of hydrogen-bond donors (Lipinski definition) is 4. The highest BCUT2D eigenvalue weighted by Gasteiger charge is 2.26. The largest absolute Gasteiger partial charge is 0.481 e. The number of benzene rings is 2. The highest BCUT2D eigenvalue weighted by Crippen LogP contribution is 2.35. The lowest BCUT2D eigenvalue weighted by atomic mass is 9.96. The predicted octanol–water partition coefficient (Wildman–Crippen LogP) is 5.11. The Balaban J connectivity index is 1.73. The summed E-state index contributed by atoms with van der Waals surface area (Å²) >= 11 is 0. The number of aromatic nitrogens is 2. The van der Waals surface area contributed by atoms with Crippen LogP contribution in [-0.2, 0) is 17.8 Å². The average molecular weight is 530 g/mol. The zero-order valence-corrected chi connectivity index (χ0v) is 22.5. The van der Waals surface area contributed by atoms with E-state index in [1.165, 1.54) is 0 Å². The van der Waals surface area contributed by atoms with Crippen molar-refractivity contribution in [3.63, 3.8) is 0 Å². The molecule has 1 amide bonds. The minimum absolute atomic E-state index is 0.0297. The van der Waals surface area contributed by atoms with Crippen molar-refractivity contribution < 1.29 is 24.9 Å². The number of hydrogen-bond acceptors (Lipinski definition) is 5. The van der Waals surface area contributed by atoms with Crippen molar-refractivity contribution in [2.24, 2.45) is 0 Å². The van der Waals surface area contributed by atoms with Gasteiger partial charge < -0.3 is 25.2 Å². The molecule has 0 spiro atoms. The molecule has 8 heteroatoms. The lowest BCUT2D eigenvalue weighted by Gasteiger charge is -2.17. The van der Waals surface area contributed by atoms with Gasteiger partial charge in [-0.3, -0.25) is 9.59 Å². The lowest BCUT2D eigenvalue weighted by Crippen LogP contribution is -2.22. The van der Waals surface area contributed by atoms with Gasteiger partial charge in [-0.05, 0) is 67.1 Å². The van der Waals surface area contributed by atoms with Crippen LogP contribution in [0.2, 0.25) is 0 Å². The van der Waals surface area contributed by atoms with Gasteiger partial charge in [-0.1, -0.05) is 49.4 Å². The number of pyridine rings is 1. The molecule has 2 aromatic heterocycles. The Kier molecular flexibility index (Phi) is 8.79. The van der Waals surface area contributed by atoms with Crippen LogP contribution >= 0.6 is 0 Å². The topological polar surface area (TPSA) is 125 Å². The van der Waals surface area contributed by atoms with Gasteiger partial charge in [-0.15, -0.1) is 0 Å². The predicted molar refractivity (Wildman–Crippen MR) is 152 cm³/mol. The zero-order valence-electron chi connectivity index (χ0n) is 22.5. The van der Waals surface area contributed by atoms with Gasteiger partial charge in [0.15, 0.2) is 0 Å². The van der Waals surface area contributed by atoms with E-state index in [4.69, 9.17) is 5.11 Å². The summed E-state index contributed by atoms with van der Waals surface area (Å²) in [6, 6.07) is 17.9. The summed E-state index contributed by atoms with van der Waals surface area (Å²) in [7, 11) is 0. The molecule has 2 atom stereocenters. The molecular formula is C31H35N3O5. The van der Waals surface area contributed by atoms with E-state index in [2.05, 4.69) is 20.9 Å². The third kappa shape index (κ3) is 6.53. The van der Waals surface area contributed by atoms with E-state index >= 15 is 0 Å². The second-order valence-corrected chi connectivity index (χ2v) is 9.95. The second kappa shape index (κ2) is 12.2. The van der Waals surface area contributed by atoms with Crippen molar-refractivity contribution in [3.8, 4) is 11.1 Å². The molecule has 2 aromatic carbocycles. The number of fused-ring (bicyclic) bond motifs is 1. The van der Waals surface area contributed by atoms with Crippen molar-refractivity contribution in [3.05, 3.63) is 83.3 Å². The van der Waals surface area contributed by atoms with Crippen LogP contribution in [0.15, 0.2) is 60.8 Å². The van der Waals surface area contributed by atoms with E-state index in [0.29, 0.717) is 30.8 Å². The van der Waals surface area contributed by atoms with Gasteiger partial charge in [-0.2, -0.15) is 0 Å². The van der Waals surface area contributed by atoms with Crippen molar-refractivity contribution >= 4 is 28.5 Å². The average Bonchev–Trinajstić information content (AvgIpc) is 3.19. The Hall–Kier alpha value is -4.01. The van der Waals surface area contributed by atoms with Crippen molar-refractivity contribution in [2.75, 3.05) is 5.32 Å². The van der Waals surface area contributed by atoms with Gasteiger partial charge in [0.2, 0.25) is 0 Å². The number of nitrogens with one attached hydrogen (secondary N) is 1. The molecule has 39 heavy (non-hydrogen) atoms. The highest BCUT2D eigenvalue weighted by molar-refractivity contribution is 6.10. The first-order chi connectivity index (χ1) is 18.7. The number of nitrogens with zero attached hydrogens (tertiary/aromatic N) is 2. The molecule has 4 rings (SSSR count). The number of carbonyl (C=O) groups is 2. The maximum Gasteiger partial charge on any atom is 0.305 e. The number of rotatable bonds is 11. The number of aliphatic hydroxyl groups is 2.